The van der Waals surface area contributed by atoms with Crippen LogP contribution in [-0.2, 0) is 15.9 Å². The summed E-state index contributed by atoms with van der Waals surface area (Å²) in [6.07, 6.45) is 1.58. The van der Waals surface area contributed by atoms with Gasteiger partial charge in [0.15, 0.2) is 0 Å². The molecule has 0 unspecified atom stereocenters. The molecule has 0 atom stereocenters. The fourth-order valence-corrected chi connectivity index (χ4v) is 2.73. The average Bonchev–Trinajstić information content (AvgIpc) is 2.70. The minimum atomic E-state index is -0.431. The van der Waals surface area contributed by atoms with Gasteiger partial charge in [0.05, 0.1) is 13.2 Å². The highest BCUT2D eigenvalue weighted by molar-refractivity contribution is 5.85. The normalized spacial score (nSPS) is 10.8. The molecule has 0 aromatic heterocycles. The van der Waals surface area contributed by atoms with E-state index in [1.165, 1.54) is 0 Å². The maximum Gasteiger partial charge on any atom is 0.411 e. The van der Waals surface area contributed by atoms with E-state index in [1.54, 1.807) is 0 Å². The lowest BCUT2D eigenvalue weighted by molar-refractivity contribution is 0.154. The number of hydrogen-bond acceptors (Lipinski definition) is 4. The second-order valence-electron chi connectivity index (χ2n) is 8.46. The van der Waals surface area contributed by atoms with Crippen LogP contribution in [0.1, 0.15) is 51.7 Å². The molecule has 0 saturated carbocycles. The Kier molecular flexibility index (Phi) is 9.88. The molecule has 6 nitrogen and oxygen atoms in total. The molecule has 2 N–H and O–H groups in total. The van der Waals surface area contributed by atoms with Crippen molar-refractivity contribution in [1.29, 1.82) is 0 Å². The van der Waals surface area contributed by atoms with Gasteiger partial charge in [-0.05, 0) is 66.5 Å². The Morgan fingerprint density at radius 2 is 1.03 bits per heavy atom. The standard InChI is InChI=1S/C25H34N2O4/c1-18(2)13-15-30-24(28)26-22-9-5-20(6-10-22)17-21-7-11-23(12-8-21)27-25(29)31-16-14-19(3)4/h5-12,18-19H,13-17H2,1-4H3,(H,26,28)(H,27,29). The van der Waals surface area contributed by atoms with E-state index in [9.17, 15) is 9.59 Å². The molecule has 0 saturated heterocycles. The third-order valence-electron chi connectivity index (χ3n) is 4.67. The predicted molar refractivity (Wildman–Crippen MR) is 125 cm³/mol. The summed E-state index contributed by atoms with van der Waals surface area (Å²) in [7, 11) is 0. The number of carbonyl (C=O) groups excluding carboxylic acids is 2. The largest absolute Gasteiger partial charge is 0.449 e. The SMILES string of the molecule is CC(C)CCOC(=O)Nc1ccc(Cc2ccc(NC(=O)OCCC(C)C)cc2)cc1. The lowest BCUT2D eigenvalue weighted by atomic mass is 10.0. The highest BCUT2D eigenvalue weighted by atomic mass is 16.6. The summed E-state index contributed by atoms with van der Waals surface area (Å²) in [5, 5.41) is 5.48. The van der Waals surface area contributed by atoms with Crippen molar-refractivity contribution >= 4 is 23.6 Å². The summed E-state index contributed by atoms with van der Waals surface area (Å²) in [6, 6.07) is 15.3. The van der Waals surface area contributed by atoms with Gasteiger partial charge in [0.25, 0.3) is 0 Å². The number of benzene rings is 2. The average molecular weight is 427 g/mol. The zero-order valence-electron chi connectivity index (χ0n) is 18.9. The second kappa shape index (κ2) is 12.6. The van der Waals surface area contributed by atoms with Gasteiger partial charge in [0, 0.05) is 11.4 Å². The zero-order chi connectivity index (χ0) is 22.6. The zero-order valence-corrected chi connectivity index (χ0v) is 18.9. The fourth-order valence-electron chi connectivity index (χ4n) is 2.73. The van der Waals surface area contributed by atoms with Crippen molar-refractivity contribution in [3.05, 3.63) is 59.7 Å². The Bertz CT molecular complexity index is 745. The second-order valence-corrected chi connectivity index (χ2v) is 8.46. The van der Waals surface area contributed by atoms with Gasteiger partial charge >= 0.3 is 12.2 Å². The first-order valence-electron chi connectivity index (χ1n) is 10.9. The molecule has 0 heterocycles. The van der Waals surface area contributed by atoms with Crippen LogP contribution in [0.5, 0.6) is 0 Å². The first-order valence-corrected chi connectivity index (χ1v) is 10.9. The van der Waals surface area contributed by atoms with Gasteiger partial charge in [0.2, 0.25) is 0 Å². The van der Waals surface area contributed by atoms with Gasteiger partial charge in [-0.2, -0.15) is 0 Å². The molecule has 2 aromatic carbocycles. The van der Waals surface area contributed by atoms with Crippen LogP contribution in [0.2, 0.25) is 0 Å². The third kappa shape index (κ3) is 10.0. The predicted octanol–water partition coefficient (Wildman–Crippen LogP) is 6.47. The van der Waals surface area contributed by atoms with E-state index in [2.05, 4.69) is 38.3 Å². The lowest BCUT2D eigenvalue weighted by Crippen LogP contribution is -2.15. The molecule has 0 bridgehead atoms. The van der Waals surface area contributed by atoms with Gasteiger partial charge in [-0.3, -0.25) is 10.6 Å². The minimum Gasteiger partial charge on any atom is -0.449 e. The van der Waals surface area contributed by atoms with E-state index in [-0.39, 0.29) is 0 Å². The van der Waals surface area contributed by atoms with E-state index >= 15 is 0 Å². The minimum absolute atomic E-state index is 0.419. The fraction of sp³-hybridized carbons (Fsp3) is 0.440. The van der Waals surface area contributed by atoms with Gasteiger partial charge in [-0.1, -0.05) is 52.0 Å². The van der Waals surface area contributed by atoms with Crippen LogP contribution in [0.25, 0.3) is 0 Å². The van der Waals surface area contributed by atoms with Crippen molar-refractivity contribution < 1.29 is 19.1 Å². The lowest BCUT2D eigenvalue weighted by Gasteiger charge is -2.10. The number of nitrogens with one attached hydrogen (secondary N) is 2. The molecule has 0 aliphatic rings. The van der Waals surface area contributed by atoms with Crippen LogP contribution in [0, 0.1) is 11.8 Å². The summed E-state index contributed by atoms with van der Waals surface area (Å²) in [4.78, 5) is 23.6. The molecule has 0 aliphatic carbocycles. The van der Waals surface area contributed by atoms with Crippen LogP contribution in [-0.4, -0.2) is 25.4 Å². The first kappa shape index (κ1) is 24.3. The number of hydrogen-bond donors (Lipinski definition) is 2. The van der Waals surface area contributed by atoms with Crippen molar-refractivity contribution in [2.75, 3.05) is 23.8 Å². The Labute approximate surface area is 185 Å². The summed E-state index contributed by atoms with van der Waals surface area (Å²) in [5.74, 6) is 1.00. The summed E-state index contributed by atoms with van der Waals surface area (Å²) < 4.78 is 10.3. The number of rotatable bonds is 10. The summed E-state index contributed by atoms with van der Waals surface area (Å²) >= 11 is 0. The van der Waals surface area contributed by atoms with Crippen LogP contribution in [0.4, 0.5) is 21.0 Å². The van der Waals surface area contributed by atoms with Crippen LogP contribution >= 0.6 is 0 Å². The number of carbonyl (C=O) groups is 2. The number of ether oxygens (including phenoxy) is 2. The van der Waals surface area contributed by atoms with Crippen LogP contribution < -0.4 is 10.6 Å². The molecule has 0 fully saturated rings. The quantitative estimate of drug-likeness (QED) is 0.457. The molecule has 6 heteroatoms. The van der Waals surface area contributed by atoms with Crippen LogP contribution in [0.3, 0.4) is 0 Å². The molecule has 168 valence electrons. The molecule has 31 heavy (non-hydrogen) atoms. The van der Waals surface area contributed by atoms with Gasteiger partial charge in [-0.25, -0.2) is 9.59 Å². The molecular formula is C25H34N2O4. The number of anilines is 2. The van der Waals surface area contributed by atoms with Gasteiger partial charge in [-0.15, -0.1) is 0 Å². The van der Waals surface area contributed by atoms with Crippen LogP contribution in [0.15, 0.2) is 48.5 Å². The van der Waals surface area contributed by atoms with E-state index in [0.29, 0.717) is 36.4 Å². The van der Waals surface area contributed by atoms with Gasteiger partial charge in [0.1, 0.15) is 0 Å². The smallest absolute Gasteiger partial charge is 0.411 e. The molecule has 0 aliphatic heterocycles. The van der Waals surface area contributed by atoms with E-state index in [0.717, 1.165) is 30.4 Å². The molecule has 0 radical (unpaired) electrons. The van der Waals surface area contributed by atoms with Crippen molar-refractivity contribution in [2.24, 2.45) is 11.8 Å². The van der Waals surface area contributed by atoms with E-state index in [1.807, 2.05) is 48.5 Å². The van der Waals surface area contributed by atoms with Crippen molar-refractivity contribution in [3.63, 3.8) is 0 Å². The van der Waals surface area contributed by atoms with Crippen molar-refractivity contribution in [1.82, 2.24) is 0 Å². The maximum atomic E-state index is 11.8. The Morgan fingerprint density at radius 1 is 0.677 bits per heavy atom. The Morgan fingerprint density at radius 3 is 1.35 bits per heavy atom. The van der Waals surface area contributed by atoms with Crippen molar-refractivity contribution in [2.45, 2.75) is 47.0 Å². The van der Waals surface area contributed by atoms with Crippen molar-refractivity contribution in [3.8, 4) is 0 Å². The molecule has 2 amide bonds. The topological polar surface area (TPSA) is 76.7 Å². The highest BCUT2D eigenvalue weighted by Crippen LogP contribution is 2.16. The summed E-state index contributed by atoms with van der Waals surface area (Å²) in [5.41, 5.74) is 3.64. The number of amides is 2. The van der Waals surface area contributed by atoms with E-state index < -0.39 is 12.2 Å². The highest BCUT2D eigenvalue weighted by Gasteiger charge is 2.06. The molecule has 2 aromatic rings. The monoisotopic (exact) mass is 426 g/mol. The first-order chi connectivity index (χ1) is 14.8. The molecular weight excluding hydrogens is 392 g/mol. The molecule has 0 spiro atoms. The van der Waals surface area contributed by atoms with E-state index in [4.69, 9.17) is 9.47 Å². The Hall–Kier alpha value is -3.02. The maximum absolute atomic E-state index is 11.8. The summed E-state index contributed by atoms with van der Waals surface area (Å²) in [6.45, 7) is 9.20. The molecule has 2 rings (SSSR count). The third-order valence-corrected chi connectivity index (χ3v) is 4.67. The Balaban J connectivity index is 1.78. The van der Waals surface area contributed by atoms with Gasteiger partial charge < -0.3 is 9.47 Å².